The number of hydrogen-bond acceptors (Lipinski definition) is 2. The summed E-state index contributed by atoms with van der Waals surface area (Å²) in [5.41, 5.74) is 5.38. The van der Waals surface area contributed by atoms with Gasteiger partial charge in [-0.05, 0) is 12.5 Å². The molecule has 0 radical (unpaired) electrons. The average molecular weight is 151 g/mol. The quantitative estimate of drug-likeness (QED) is 0.617. The van der Waals surface area contributed by atoms with Crippen molar-refractivity contribution in [2.75, 3.05) is 0 Å². The Morgan fingerprint density at radius 1 is 1.36 bits per heavy atom. The van der Waals surface area contributed by atoms with Crippen LogP contribution in [0.4, 0.5) is 0 Å². The minimum absolute atomic E-state index is 0.494. The summed E-state index contributed by atoms with van der Waals surface area (Å²) in [6.07, 6.45) is 0.494. The van der Waals surface area contributed by atoms with Crippen molar-refractivity contribution in [3.8, 4) is 0 Å². The first-order chi connectivity index (χ1) is 5.08. The zero-order chi connectivity index (χ0) is 8.32. The molecule has 0 saturated carbocycles. The van der Waals surface area contributed by atoms with Crippen LogP contribution in [0.1, 0.15) is 12.5 Å². The summed E-state index contributed by atoms with van der Waals surface area (Å²) < 4.78 is 0. The van der Waals surface area contributed by atoms with Gasteiger partial charge in [-0.2, -0.15) is 0 Å². The monoisotopic (exact) mass is 151 g/mol. The Hall–Kier alpha value is -0.860. The lowest BCUT2D eigenvalue weighted by Crippen LogP contribution is -2.37. The molecule has 1 aromatic carbocycles. The molecule has 0 bridgehead atoms. The van der Waals surface area contributed by atoms with Crippen LogP contribution in [0, 0.1) is 0 Å². The van der Waals surface area contributed by atoms with Gasteiger partial charge in [-0.15, -0.1) is 0 Å². The fourth-order valence-corrected chi connectivity index (χ4v) is 1.01. The van der Waals surface area contributed by atoms with E-state index in [0.29, 0.717) is 6.42 Å². The summed E-state index contributed by atoms with van der Waals surface area (Å²) in [4.78, 5) is 0. The molecule has 1 atom stereocenters. The predicted molar refractivity (Wildman–Crippen MR) is 45.0 cm³/mol. The van der Waals surface area contributed by atoms with E-state index in [4.69, 9.17) is 5.73 Å². The lowest BCUT2D eigenvalue weighted by Gasteiger charge is -2.16. The number of aliphatic hydroxyl groups is 1. The lowest BCUT2D eigenvalue weighted by molar-refractivity contribution is 0.0677. The second-order valence-electron chi connectivity index (χ2n) is 3.02. The third-order valence-corrected chi connectivity index (χ3v) is 1.40. The van der Waals surface area contributed by atoms with Gasteiger partial charge in [0.2, 0.25) is 0 Å². The number of hydrogen-bond donors (Lipinski definition) is 2. The minimum Gasteiger partial charge on any atom is -0.376 e. The van der Waals surface area contributed by atoms with Crippen LogP contribution in [0.15, 0.2) is 30.3 Å². The van der Waals surface area contributed by atoms with Crippen molar-refractivity contribution in [1.82, 2.24) is 0 Å². The summed E-state index contributed by atoms with van der Waals surface area (Å²) in [6.45, 7) is 1.60. The molecule has 0 aliphatic carbocycles. The second-order valence-corrected chi connectivity index (χ2v) is 3.02. The van der Waals surface area contributed by atoms with Gasteiger partial charge < -0.3 is 10.8 Å². The van der Waals surface area contributed by atoms with Crippen molar-refractivity contribution in [2.45, 2.75) is 19.1 Å². The van der Waals surface area contributed by atoms with E-state index in [1.807, 2.05) is 30.3 Å². The van der Waals surface area contributed by atoms with Gasteiger partial charge in [-0.3, -0.25) is 0 Å². The molecular weight excluding hydrogens is 138 g/mol. The molecule has 11 heavy (non-hydrogen) atoms. The zero-order valence-corrected chi connectivity index (χ0v) is 6.62. The van der Waals surface area contributed by atoms with E-state index in [1.165, 1.54) is 0 Å². The van der Waals surface area contributed by atoms with Crippen LogP contribution in [0.5, 0.6) is 0 Å². The maximum atomic E-state index is 9.25. The van der Waals surface area contributed by atoms with Crippen molar-refractivity contribution in [1.29, 1.82) is 0 Å². The SMILES string of the molecule is CC(N)(O)Cc1ccccc1. The number of benzene rings is 1. The van der Waals surface area contributed by atoms with Gasteiger partial charge in [-0.1, -0.05) is 30.3 Å². The molecule has 0 amide bonds. The minimum atomic E-state index is -1.10. The lowest BCUT2D eigenvalue weighted by atomic mass is 10.1. The standard InChI is InChI=1S/C9H13NO/c1-9(10,11)7-8-5-3-2-4-6-8/h2-6,11H,7,10H2,1H3. The Bertz CT molecular complexity index is 213. The maximum Gasteiger partial charge on any atom is 0.114 e. The third-order valence-electron chi connectivity index (χ3n) is 1.40. The molecule has 2 heteroatoms. The Morgan fingerprint density at radius 3 is 2.36 bits per heavy atom. The maximum absolute atomic E-state index is 9.25. The van der Waals surface area contributed by atoms with Crippen molar-refractivity contribution in [3.63, 3.8) is 0 Å². The van der Waals surface area contributed by atoms with Crippen molar-refractivity contribution in [2.24, 2.45) is 5.73 Å². The van der Waals surface area contributed by atoms with E-state index in [2.05, 4.69) is 0 Å². The Balaban J connectivity index is 2.66. The molecular formula is C9H13NO. The highest BCUT2D eigenvalue weighted by Crippen LogP contribution is 2.06. The van der Waals surface area contributed by atoms with Crippen LogP contribution in [-0.2, 0) is 6.42 Å². The molecule has 0 aromatic heterocycles. The molecule has 1 rings (SSSR count). The molecule has 3 N–H and O–H groups in total. The fraction of sp³-hybridized carbons (Fsp3) is 0.333. The fourth-order valence-electron chi connectivity index (χ4n) is 1.01. The number of rotatable bonds is 2. The molecule has 1 aromatic rings. The predicted octanol–water partition coefficient (Wildman–Crippen LogP) is 0.896. The van der Waals surface area contributed by atoms with E-state index in [1.54, 1.807) is 6.92 Å². The topological polar surface area (TPSA) is 46.2 Å². The van der Waals surface area contributed by atoms with Gasteiger partial charge >= 0.3 is 0 Å². The Kier molecular flexibility index (Phi) is 2.27. The van der Waals surface area contributed by atoms with Gasteiger partial charge in [-0.25, -0.2) is 0 Å². The van der Waals surface area contributed by atoms with Gasteiger partial charge in [0, 0.05) is 6.42 Å². The van der Waals surface area contributed by atoms with Crippen molar-refractivity contribution in [3.05, 3.63) is 35.9 Å². The largest absolute Gasteiger partial charge is 0.376 e. The van der Waals surface area contributed by atoms with E-state index >= 15 is 0 Å². The summed E-state index contributed by atoms with van der Waals surface area (Å²) in [6, 6.07) is 9.69. The highest BCUT2D eigenvalue weighted by molar-refractivity contribution is 5.16. The van der Waals surface area contributed by atoms with Crippen LogP contribution < -0.4 is 5.73 Å². The first kappa shape index (κ1) is 8.24. The van der Waals surface area contributed by atoms with Crippen LogP contribution >= 0.6 is 0 Å². The van der Waals surface area contributed by atoms with Gasteiger partial charge in [0.1, 0.15) is 5.72 Å². The van der Waals surface area contributed by atoms with Crippen LogP contribution in [0.3, 0.4) is 0 Å². The third kappa shape index (κ3) is 3.16. The van der Waals surface area contributed by atoms with E-state index in [-0.39, 0.29) is 0 Å². The summed E-state index contributed by atoms with van der Waals surface area (Å²) >= 11 is 0. The molecule has 0 saturated heterocycles. The number of nitrogens with two attached hydrogens (primary N) is 1. The smallest absolute Gasteiger partial charge is 0.114 e. The molecule has 60 valence electrons. The van der Waals surface area contributed by atoms with Gasteiger partial charge in [0.05, 0.1) is 0 Å². The molecule has 1 unspecified atom stereocenters. The molecule has 0 aliphatic heterocycles. The van der Waals surface area contributed by atoms with Gasteiger partial charge in [0.25, 0.3) is 0 Å². The van der Waals surface area contributed by atoms with Crippen LogP contribution in [0.2, 0.25) is 0 Å². The molecule has 0 heterocycles. The molecule has 2 nitrogen and oxygen atoms in total. The van der Waals surface area contributed by atoms with Crippen molar-refractivity contribution >= 4 is 0 Å². The molecule has 0 aliphatic rings. The van der Waals surface area contributed by atoms with E-state index in [9.17, 15) is 5.11 Å². The molecule has 0 fully saturated rings. The normalized spacial score (nSPS) is 15.9. The summed E-state index contributed by atoms with van der Waals surface area (Å²) in [7, 11) is 0. The van der Waals surface area contributed by atoms with Crippen molar-refractivity contribution < 1.29 is 5.11 Å². The van der Waals surface area contributed by atoms with Crippen LogP contribution in [0.25, 0.3) is 0 Å². The van der Waals surface area contributed by atoms with E-state index < -0.39 is 5.72 Å². The summed E-state index contributed by atoms with van der Waals surface area (Å²) in [5.74, 6) is 0. The summed E-state index contributed by atoms with van der Waals surface area (Å²) in [5, 5.41) is 9.25. The average Bonchev–Trinajstić information content (AvgIpc) is 1.85. The van der Waals surface area contributed by atoms with Gasteiger partial charge in [0.15, 0.2) is 0 Å². The highest BCUT2D eigenvalue weighted by atomic mass is 16.3. The van der Waals surface area contributed by atoms with E-state index in [0.717, 1.165) is 5.56 Å². The first-order valence-electron chi connectivity index (χ1n) is 3.63. The zero-order valence-electron chi connectivity index (χ0n) is 6.62. The first-order valence-corrected chi connectivity index (χ1v) is 3.63. The second kappa shape index (κ2) is 3.03. The molecule has 0 spiro atoms. The Labute approximate surface area is 66.7 Å². The Morgan fingerprint density at radius 2 is 1.91 bits per heavy atom. The van der Waals surface area contributed by atoms with Crippen LogP contribution in [-0.4, -0.2) is 10.8 Å². The highest BCUT2D eigenvalue weighted by Gasteiger charge is 2.12.